The number of aromatic amines is 1. The molecule has 0 radical (unpaired) electrons. The minimum Gasteiger partial charge on any atom is -0.487 e. The number of carbonyl (C=O) groups excluding carboxylic acids is 1. The van der Waals surface area contributed by atoms with Gasteiger partial charge in [0.1, 0.15) is 24.8 Å². The summed E-state index contributed by atoms with van der Waals surface area (Å²) in [4.78, 5) is 21.6. The van der Waals surface area contributed by atoms with Crippen molar-refractivity contribution in [1.29, 1.82) is 0 Å². The van der Waals surface area contributed by atoms with Gasteiger partial charge < -0.3 is 20.4 Å². The van der Waals surface area contributed by atoms with Crippen molar-refractivity contribution in [3.63, 3.8) is 0 Å². The molecular formula is C37H43F3N6O2. The molecule has 0 spiro atoms. The standard InChI is InChI=1S/C37H43F3N6O2/c1-24(2)17-30(18-25(3)9-7-6-8-12-38)42-13-16-46-37(41)32(22-43-46)26(4)33-19-29-20-35(48-23-36(39)40)31(21-34(29)44-33)28-10-14-45(15-11-28)27(5)47/h6-9,13,16-17,19-22,28,36,44H,3-4,10-12,14-15,18,23,41H2,1-2,5H3/b8-6-,9-7-,16-13+,42-30+. The molecule has 2 aromatic heterocycles. The maximum Gasteiger partial charge on any atom is 0.272 e. The topological polar surface area (TPSA) is 102 Å². The lowest BCUT2D eigenvalue weighted by Crippen LogP contribution is -2.36. The van der Waals surface area contributed by atoms with Gasteiger partial charge in [0.25, 0.3) is 6.43 Å². The number of hydrogen-bond acceptors (Lipinski definition) is 5. The molecule has 0 saturated carbocycles. The quantitative estimate of drug-likeness (QED) is 0.134. The molecule has 1 aromatic carbocycles. The predicted molar refractivity (Wildman–Crippen MR) is 189 cm³/mol. The number of benzene rings is 1. The minimum atomic E-state index is -2.61. The summed E-state index contributed by atoms with van der Waals surface area (Å²) in [5.74, 6) is 0.867. The summed E-state index contributed by atoms with van der Waals surface area (Å²) in [5.41, 5.74) is 12.7. The summed E-state index contributed by atoms with van der Waals surface area (Å²) in [6.45, 7) is 13.8. The summed E-state index contributed by atoms with van der Waals surface area (Å²) < 4.78 is 45.6. The first kappa shape index (κ1) is 35.8. The van der Waals surface area contributed by atoms with E-state index in [2.05, 4.69) is 28.2 Å². The Hall–Kier alpha value is -5.06. The Morgan fingerprint density at radius 3 is 2.60 bits per heavy atom. The van der Waals surface area contributed by atoms with E-state index in [0.717, 1.165) is 33.3 Å². The first-order valence-corrected chi connectivity index (χ1v) is 15.8. The number of fused-ring (bicyclic) bond motifs is 1. The zero-order valence-corrected chi connectivity index (χ0v) is 27.7. The SMILES string of the molecule is C=C(/C=C\C=C/CF)C/C(C=C(C)C)=N/C=C/n1ncc(C(=C)c2cc3cc(OCC(F)F)c(C4CCN(C(C)=O)CC4)cc3[nH]2)c1N. The number of aliphatic imine (C=N–C) groups is 1. The number of allylic oxidation sites excluding steroid dienone is 7. The smallest absolute Gasteiger partial charge is 0.272 e. The van der Waals surface area contributed by atoms with Crippen molar-refractivity contribution >= 4 is 40.1 Å². The maximum absolute atomic E-state index is 13.1. The average molecular weight is 661 g/mol. The van der Waals surface area contributed by atoms with Gasteiger partial charge in [-0.2, -0.15) is 5.10 Å². The second-order valence-corrected chi connectivity index (χ2v) is 11.9. The number of nitrogens with zero attached hydrogens (tertiary/aromatic N) is 4. The summed E-state index contributed by atoms with van der Waals surface area (Å²) in [7, 11) is 0. The molecule has 48 heavy (non-hydrogen) atoms. The predicted octanol–water partition coefficient (Wildman–Crippen LogP) is 8.24. The molecule has 254 valence electrons. The van der Waals surface area contributed by atoms with Gasteiger partial charge in [-0.3, -0.25) is 9.79 Å². The summed E-state index contributed by atoms with van der Waals surface area (Å²) in [5, 5.41) is 5.18. The number of carbonyl (C=O) groups is 1. The van der Waals surface area contributed by atoms with E-state index in [1.807, 2.05) is 38.1 Å². The molecule has 1 fully saturated rings. The number of hydrogen-bond donors (Lipinski definition) is 2. The normalized spacial score (nSPS) is 14.6. The monoisotopic (exact) mass is 660 g/mol. The third-order valence-electron chi connectivity index (χ3n) is 7.96. The molecule has 3 aromatic rings. The van der Waals surface area contributed by atoms with E-state index in [1.54, 1.807) is 48.6 Å². The lowest BCUT2D eigenvalue weighted by molar-refractivity contribution is -0.129. The number of likely N-dealkylation sites (tertiary alicyclic amines) is 1. The minimum absolute atomic E-state index is 0.0285. The van der Waals surface area contributed by atoms with Gasteiger partial charge in [0.2, 0.25) is 5.91 Å². The fraction of sp³-hybridized carbons (Fsp3) is 0.324. The van der Waals surface area contributed by atoms with Crippen LogP contribution in [0.25, 0.3) is 22.7 Å². The molecule has 11 heteroatoms. The van der Waals surface area contributed by atoms with Gasteiger partial charge in [-0.15, -0.1) is 0 Å². The molecular weight excluding hydrogens is 617 g/mol. The Bertz CT molecular complexity index is 1780. The molecule has 1 saturated heterocycles. The number of nitrogen functional groups attached to an aromatic ring is 1. The highest BCUT2D eigenvalue weighted by atomic mass is 19.3. The van der Waals surface area contributed by atoms with E-state index in [9.17, 15) is 18.0 Å². The van der Waals surface area contributed by atoms with Crippen molar-refractivity contribution in [2.45, 2.75) is 52.4 Å². The van der Waals surface area contributed by atoms with Crippen molar-refractivity contribution in [3.8, 4) is 5.75 Å². The Balaban J connectivity index is 1.55. The van der Waals surface area contributed by atoms with E-state index in [4.69, 9.17) is 10.5 Å². The van der Waals surface area contributed by atoms with Crippen LogP contribution in [0, 0.1) is 0 Å². The average Bonchev–Trinajstić information content (AvgIpc) is 3.63. The largest absolute Gasteiger partial charge is 0.487 e. The van der Waals surface area contributed by atoms with Crippen molar-refractivity contribution in [1.82, 2.24) is 19.7 Å². The van der Waals surface area contributed by atoms with E-state index in [-0.39, 0.29) is 11.8 Å². The van der Waals surface area contributed by atoms with Crippen molar-refractivity contribution in [2.75, 3.05) is 32.1 Å². The van der Waals surface area contributed by atoms with Crippen LogP contribution in [0.3, 0.4) is 0 Å². The summed E-state index contributed by atoms with van der Waals surface area (Å²) >= 11 is 0. The van der Waals surface area contributed by atoms with Crippen LogP contribution in [0.15, 0.2) is 90.3 Å². The van der Waals surface area contributed by atoms with Crippen LogP contribution in [0.2, 0.25) is 0 Å². The number of ether oxygens (including phenoxy) is 1. The van der Waals surface area contributed by atoms with Gasteiger partial charge in [0.05, 0.1) is 6.20 Å². The number of alkyl halides is 3. The number of halogens is 3. The number of anilines is 1. The summed E-state index contributed by atoms with van der Waals surface area (Å²) in [6, 6.07) is 5.61. The Labute approximate surface area is 279 Å². The molecule has 0 aliphatic carbocycles. The number of nitrogens with two attached hydrogens (primary N) is 1. The van der Waals surface area contributed by atoms with Crippen LogP contribution in [-0.2, 0) is 4.79 Å². The van der Waals surface area contributed by atoms with Crippen LogP contribution in [0.1, 0.15) is 62.8 Å². The van der Waals surface area contributed by atoms with Gasteiger partial charge in [0, 0.05) is 72.3 Å². The second-order valence-electron chi connectivity index (χ2n) is 11.9. The Morgan fingerprint density at radius 2 is 1.94 bits per heavy atom. The van der Waals surface area contributed by atoms with Crippen LogP contribution in [-0.4, -0.2) is 64.1 Å². The molecule has 3 heterocycles. The van der Waals surface area contributed by atoms with Gasteiger partial charge in [-0.05, 0) is 68.0 Å². The third kappa shape index (κ3) is 9.49. The van der Waals surface area contributed by atoms with E-state index >= 15 is 0 Å². The highest BCUT2D eigenvalue weighted by molar-refractivity contribution is 5.98. The highest BCUT2D eigenvalue weighted by Crippen LogP contribution is 2.38. The third-order valence-corrected chi connectivity index (χ3v) is 7.96. The van der Waals surface area contributed by atoms with Gasteiger partial charge in [-0.25, -0.2) is 17.9 Å². The van der Waals surface area contributed by atoms with Crippen LogP contribution in [0.4, 0.5) is 19.0 Å². The fourth-order valence-electron chi connectivity index (χ4n) is 5.58. The molecule has 4 rings (SSSR count). The molecule has 0 atom stereocenters. The lowest BCUT2D eigenvalue weighted by atomic mass is 9.88. The molecule has 1 aliphatic rings. The van der Waals surface area contributed by atoms with Gasteiger partial charge in [0.15, 0.2) is 0 Å². The maximum atomic E-state index is 13.1. The Morgan fingerprint density at radius 1 is 1.19 bits per heavy atom. The van der Waals surface area contributed by atoms with Crippen molar-refractivity contribution in [2.24, 2.45) is 4.99 Å². The van der Waals surface area contributed by atoms with Crippen LogP contribution in [0.5, 0.6) is 5.75 Å². The zero-order chi connectivity index (χ0) is 34.8. The summed E-state index contributed by atoms with van der Waals surface area (Å²) in [6.07, 6.45) is 12.8. The molecule has 1 amide bonds. The van der Waals surface area contributed by atoms with Gasteiger partial charge >= 0.3 is 0 Å². The second kappa shape index (κ2) is 16.7. The molecule has 1 aliphatic heterocycles. The Kier molecular flexibility index (Phi) is 12.4. The van der Waals surface area contributed by atoms with E-state index in [1.165, 1.54) is 10.8 Å². The van der Waals surface area contributed by atoms with E-state index < -0.39 is 19.7 Å². The number of rotatable bonds is 14. The fourth-order valence-corrected chi connectivity index (χ4v) is 5.58. The molecule has 0 unspecified atom stereocenters. The molecule has 8 nitrogen and oxygen atoms in total. The van der Waals surface area contributed by atoms with Crippen molar-refractivity contribution < 1.29 is 22.7 Å². The first-order valence-electron chi connectivity index (χ1n) is 15.8. The van der Waals surface area contributed by atoms with Crippen molar-refractivity contribution in [3.05, 3.63) is 102 Å². The zero-order valence-electron chi connectivity index (χ0n) is 27.7. The number of nitrogens with one attached hydrogen (secondary N) is 1. The van der Waals surface area contributed by atoms with E-state index in [0.29, 0.717) is 60.7 Å². The molecule has 0 bridgehead atoms. The first-order chi connectivity index (χ1) is 23.0. The number of piperidine rings is 1. The van der Waals surface area contributed by atoms with Crippen LogP contribution >= 0.6 is 0 Å². The number of H-pyrrole nitrogens is 1. The van der Waals surface area contributed by atoms with Crippen LogP contribution < -0.4 is 10.5 Å². The lowest BCUT2D eigenvalue weighted by Gasteiger charge is -2.32. The van der Waals surface area contributed by atoms with Gasteiger partial charge in [-0.1, -0.05) is 43.0 Å². The molecule has 3 N–H and O–H groups in total. The number of amides is 1. The highest BCUT2D eigenvalue weighted by Gasteiger charge is 2.26. The number of aromatic nitrogens is 3.